The molecule has 0 saturated heterocycles. The Morgan fingerprint density at radius 1 is 1.25 bits per heavy atom. The molecule has 2 aromatic rings. The fraction of sp³-hybridized carbons (Fsp3) is 0.182. The van der Waals surface area contributed by atoms with Crippen molar-refractivity contribution < 1.29 is 0 Å². The molecule has 16 heavy (non-hydrogen) atoms. The third-order valence-corrected chi connectivity index (χ3v) is 2.60. The number of thiocarbonyl (C=S) groups is 1. The fourth-order valence-corrected chi connectivity index (χ4v) is 1.68. The molecule has 0 saturated carbocycles. The molecule has 0 bridgehead atoms. The third kappa shape index (κ3) is 1.81. The standard InChI is InChI=1S/C11H12N4S/c1-7-3-5-9(6-4-7)15-8(2)10(11(12)16)13-14-15/h3-6H,1-2H3,(H2,12,16). The van der Waals surface area contributed by atoms with Crippen LogP contribution in [0.3, 0.4) is 0 Å². The molecule has 0 unspecified atom stereocenters. The van der Waals surface area contributed by atoms with E-state index in [1.165, 1.54) is 5.56 Å². The van der Waals surface area contributed by atoms with Crippen LogP contribution in [0.5, 0.6) is 0 Å². The number of hydrogen-bond donors (Lipinski definition) is 1. The molecule has 0 aliphatic heterocycles. The Balaban J connectivity index is 2.49. The Bertz CT molecular complexity index is 527. The first-order chi connectivity index (χ1) is 7.59. The largest absolute Gasteiger partial charge is 0.388 e. The summed E-state index contributed by atoms with van der Waals surface area (Å²) in [7, 11) is 0. The minimum Gasteiger partial charge on any atom is -0.388 e. The summed E-state index contributed by atoms with van der Waals surface area (Å²) in [6, 6.07) is 8.02. The number of hydrogen-bond acceptors (Lipinski definition) is 3. The van der Waals surface area contributed by atoms with E-state index in [9.17, 15) is 0 Å². The quantitative estimate of drug-likeness (QED) is 0.798. The van der Waals surface area contributed by atoms with E-state index in [4.69, 9.17) is 18.0 Å². The van der Waals surface area contributed by atoms with Crippen LogP contribution in [0.4, 0.5) is 0 Å². The van der Waals surface area contributed by atoms with Crippen molar-refractivity contribution in [3.05, 3.63) is 41.2 Å². The lowest BCUT2D eigenvalue weighted by atomic mass is 10.2. The lowest BCUT2D eigenvalue weighted by Crippen LogP contribution is -2.12. The van der Waals surface area contributed by atoms with Gasteiger partial charge in [0.2, 0.25) is 0 Å². The zero-order valence-electron chi connectivity index (χ0n) is 9.14. The highest BCUT2D eigenvalue weighted by Gasteiger charge is 2.11. The molecular formula is C11H12N4S. The Morgan fingerprint density at radius 2 is 1.88 bits per heavy atom. The predicted molar refractivity (Wildman–Crippen MR) is 66.7 cm³/mol. The van der Waals surface area contributed by atoms with Crippen molar-refractivity contribution in [2.24, 2.45) is 5.73 Å². The summed E-state index contributed by atoms with van der Waals surface area (Å²) >= 11 is 4.90. The maximum absolute atomic E-state index is 5.55. The number of aromatic nitrogens is 3. The molecule has 5 heteroatoms. The van der Waals surface area contributed by atoms with Crippen LogP contribution in [-0.2, 0) is 0 Å². The van der Waals surface area contributed by atoms with Crippen LogP contribution in [0.15, 0.2) is 24.3 Å². The highest BCUT2D eigenvalue weighted by atomic mass is 32.1. The van der Waals surface area contributed by atoms with Gasteiger partial charge in [0.05, 0.1) is 11.4 Å². The second-order valence-corrected chi connectivity index (χ2v) is 4.07. The molecule has 2 rings (SSSR count). The molecule has 0 fully saturated rings. The van der Waals surface area contributed by atoms with E-state index >= 15 is 0 Å². The van der Waals surface area contributed by atoms with E-state index in [0.29, 0.717) is 5.69 Å². The van der Waals surface area contributed by atoms with Crippen molar-refractivity contribution in [3.63, 3.8) is 0 Å². The number of rotatable bonds is 2. The average Bonchev–Trinajstić information content (AvgIpc) is 2.61. The molecule has 0 aliphatic carbocycles. The van der Waals surface area contributed by atoms with Crippen LogP contribution in [0.25, 0.3) is 5.69 Å². The highest BCUT2D eigenvalue weighted by Crippen LogP contribution is 2.12. The van der Waals surface area contributed by atoms with E-state index in [1.54, 1.807) is 4.68 Å². The minimum atomic E-state index is 0.274. The summed E-state index contributed by atoms with van der Waals surface area (Å²) in [4.78, 5) is 0.274. The van der Waals surface area contributed by atoms with Crippen LogP contribution in [0.2, 0.25) is 0 Å². The van der Waals surface area contributed by atoms with Gasteiger partial charge in [-0.25, -0.2) is 4.68 Å². The van der Waals surface area contributed by atoms with E-state index < -0.39 is 0 Å². The SMILES string of the molecule is Cc1ccc(-n2nnc(C(N)=S)c2C)cc1. The first-order valence-electron chi connectivity index (χ1n) is 4.88. The molecule has 1 aromatic heterocycles. The Hall–Kier alpha value is -1.75. The number of nitrogens with zero attached hydrogens (tertiary/aromatic N) is 3. The van der Waals surface area contributed by atoms with E-state index in [0.717, 1.165) is 11.4 Å². The van der Waals surface area contributed by atoms with E-state index in [1.807, 2.05) is 38.1 Å². The normalized spacial score (nSPS) is 10.4. The van der Waals surface area contributed by atoms with Gasteiger partial charge in [0.25, 0.3) is 0 Å². The van der Waals surface area contributed by atoms with Gasteiger partial charge in [-0.1, -0.05) is 35.1 Å². The Labute approximate surface area is 99.1 Å². The molecule has 0 aliphatic rings. The van der Waals surface area contributed by atoms with Crippen LogP contribution < -0.4 is 5.73 Å². The van der Waals surface area contributed by atoms with Crippen molar-refractivity contribution in [2.75, 3.05) is 0 Å². The van der Waals surface area contributed by atoms with Gasteiger partial charge in [0.1, 0.15) is 10.7 Å². The number of benzene rings is 1. The molecule has 0 radical (unpaired) electrons. The van der Waals surface area contributed by atoms with Gasteiger partial charge in [0.15, 0.2) is 0 Å². The van der Waals surface area contributed by atoms with E-state index in [-0.39, 0.29) is 4.99 Å². The van der Waals surface area contributed by atoms with Gasteiger partial charge in [-0.2, -0.15) is 0 Å². The summed E-state index contributed by atoms with van der Waals surface area (Å²) in [5.74, 6) is 0. The monoisotopic (exact) mass is 232 g/mol. The molecule has 1 heterocycles. The summed E-state index contributed by atoms with van der Waals surface area (Å²) in [6.07, 6.45) is 0. The minimum absolute atomic E-state index is 0.274. The van der Waals surface area contributed by atoms with Gasteiger partial charge in [-0.3, -0.25) is 0 Å². The van der Waals surface area contributed by atoms with Crippen LogP contribution in [0.1, 0.15) is 17.0 Å². The molecular weight excluding hydrogens is 220 g/mol. The van der Waals surface area contributed by atoms with Crippen molar-refractivity contribution in [1.29, 1.82) is 0 Å². The van der Waals surface area contributed by atoms with Crippen molar-refractivity contribution >= 4 is 17.2 Å². The van der Waals surface area contributed by atoms with Gasteiger partial charge >= 0.3 is 0 Å². The number of nitrogens with two attached hydrogens (primary N) is 1. The van der Waals surface area contributed by atoms with Gasteiger partial charge < -0.3 is 5.73 Å². The molecule has 0 amide bonds. The third-order valence-electron chi connectivity index (χ3n) is 2.41. The van der Waals surface area contributed by atoms with Gasteiger partial charge in [-0.15, -0.1) is 5.10 Å². The fourth-order valence-electron chi connectivity index (χ4n) is 1.49. The molecule has 82 valence electrons. The zero-order valence-corrected chi connectivity index (χ0v) is 9.95. The van der Waals surface area contributed by atoms with Crippen LogP contribution >= 0.6 is 12.2 Å². The van der Waals surface area contributed by atoms with Gasteiger partial charge in [-0.05, 0) is 26.0 Å². The first kappa shape index (κ1) is 10.8. The van der Waals surface area contributed by atoms with Crippen molar-refractivity contribution in [2.45, 2.75) is 13.8 Å². The molecule has 4 nitrogen and oxygen atoms in total. The summed E-state index contributed by atoms with van der Waals surface area (Å²) in [5.41, 5.74) is 9.14. The maximum atomic E-state index is 5.55. The average molecular weight is 232 g/mol. The lowest BCUT2D eigenvalue weighted by molar-refractivity contribution is 0.784. The molecule has 0 atom stereocenters. The number of aryl methyl sites for hydroxylation is 1. The Kier molecular flexibility index (Phi) is 2.70. The molecule has 1 aromatic carbocycles. The topological polar surface area (TPSA) is 56.7 Å². The lowest BCUT2D eigenvalue weighted by Gasteiger charge is -2.03. The van der Waals surface area contributed by atoms with Crippen LogP contribution in [0, 0.1) is 13.8 Å². The summed E-state index contributed by atoms with van der Waals surface area (Å²) < 4.78 is 1.73. The first-order valence-corrected chi connectivity index (χ1v) is 5.29. The second-order valence-electron chi connectivity index (χ2n) is 3.64. The van der Waals surface area contributed by atoms with Crippen molar-refractivity contribution in [1.82, 2.24) is 15.0 Å². The summed E-state index contributed by atoms with van der Waals surface area (Å²) in [6.45, 7) is 3.94. The molecule has 0 spiro atoms. The smallest absolute Gasteiger partial charge is 0.143 e. The highest BCUT2D eigenvalue weighted by molar-refractivity contribution is 7.80. The predicted octanol–water partition coefficient (Wildman–Crippen LogP) is 1.52. The van der Waals surface area contributed by atoms with Crippen LogP contribution in [-0.4, -0.2) is 20.0 Å². The second kappa shape index (κ2) is 4.02. The summed E-state index contributed by atoms with van der Waals surface area (Å²) in [5, 5.41) is 8.00. The maximum Gasteiger partial charge on any atom is 0.143 e. The Morgan fingerprint density at radius 3 is 2.38 bits per heavy atom. The zero-order chi connectivity index (χ0) is 11.7. The van der Waals surface area contributed by atoms with E-state index in [2.05, 4.69) is 10.3 Å². The van der Waals surface area contributed by atoms with Crippen molar-refractivity contribution in [3.8, 4) is 5.69 Å². The molecule has 2 N–H and O–H groups in total. The van der Waals surface area contributed by atoms with Gasteiger partial charge in [0, 0.05) is 0 Å².